The average molecular weight is 171 g/mol. The minimum Gasteiger partial charge on any atom is -0.468 e. The monoisotopic (exact) mass is 171 g/mol. The fourth-order valence-electron chi connectivity index (χ4n) is 0.799. The molecule has 0 saturated heterocycles. The molecule has 1 heterocycles. The lowest BCUT2D eigenvalue weighted by Gasteiger charge is -1.99. The van der Waals surface area contributed by atoms with E-state index in [2.05, 4.69) is 11.6 Å². The van der Waals surface area contributed by atoms with Gasteiger partial charge in [0.25, 0.3) is 0 Å². The molecule has 62 valence electrons. The fraction of sp³-hybridized carbons (Fsp3) is 0.500. The van der Waals surface area contributed by atoms with Crippen LogP contribution in [0.15, 0.2) is 22.8 Å². The summed E-state index contributed by atoms with van der Waals surface area (Å²) in [5.41, 5.74) is 0. The van der Waals surface area contributed by atoms with Crippen molar-refractivity contribution in [2.45, 2.75) is 6.54 Å². The topological polar surface area (TPSA) is 25.2 Å². The SMILES string of the molecule is CSCCNCc1ccco1. The van der Waals surface area contributed by atoms with E-state index in [4.69, 9.17) is 4.42 Å². The summed E-state index contributed by atoms with van der Waals surface area (Å²) >= 11 is 1.85. The lowest BCUT2D eigenvalue weighted by atomic mass is 10.4. The van der Waals surface area contributed by atoms with Gasteiger partial charge in [-0.15, -0.1) is 0 Å². The Balaban J connectivity index is 2.04. The van der Waals surface area contributed by atoms with Crippen molar-refractivity contribution in [3.63, 3.8) is 0 Å². The average Bonchev–Trinajstić information content (AvgIpc) is 2.50. The molecule has 0 saturated carbocycles. The Labute approximate surface area is 71.4 Å². The van der Waals surface area contributed by atoms with E-state index in [1.807, 2.05) is 23.9 Å². The fourth-order valence-corrected chi connectivity index (χ4v) is 1.15. The molecule has 0 aliphatic rings. The number of rotatable bonds is 5. The van der Waals surface area contributed by atoms with Crippen molar-refractivity contribution in [2.75, 3.05) is 18.6 Å². The van der Waals surface area contributed by atoms with E-state index in [0.29, 0.717) is 0 Å². The summed E-state index contributed by atoms with van der Waals surface area (Å²) in [6.45, 7) is 1.88. The van der Waals surface area contributed by atoms with Gasteiger partial charge >= 0.3 is 0 Å². The third-order valence-corrected chi connectivity index (χ3v) is 1.97. The standard InChI is InChI=1S/C8H13NOS/c1-11-6-4-9-7-8-3-2-5-10-8/h2-3,5,9H,4,6-7H2,1H3. The van der Waals surface area contributed by atoms with Crippen molar-refractivity contribution in [1.29, 1.82) is 0 Å². The highest BCUT2D eigenvalue weighted by molar-refractivity contribution is 7.98. The van der Waals surface area contributed by atoms with Gasteiger partial charge in [-0.2, -0.15) is 11.8 Å². The second-order valence-electron chi connectivity index (χ2n) is 2.25. The Bertz CT molecular complexity index is 174. The maximum atomic E-state index is 5.14. The molecule has 1 rings (SSSR count). The molecule has 0 unspecified atom stereocenters. The first kappa shape index (κ1) is 8.68. The predicted octanol–water partition coefficient (Wildman–Crippen LogP) is 1.73. The Hall–Kier alpha value is -0.410. The molecule has 0 radical (unpaired) electrons. The molecule has 2 nitrogen and oxygen atoms in total. The van der Waals surface area contributed by atoms with Crippen molar-refractivity contribution in [1.82, 2.24) is 5.32 Å². The van der Waals surface area contributed by atoms with Gasteiger partial charge in [0.15, 0.2) is 0 Å². The second-order valence-corrected chi connectivity index (χ2v) is 3.23. The van der Waals surface area contributed by atoms with Gasteiger partial charge in [0.2, 0.25) is 0 Å². The molecule has 0 aromatic carbocycles. The zero-order chi connectivity index (χ0) is 7.94. The van der Waals surface area contributed by atoms with Crippen LogP contribution in [0.5, 0.6) is 0 Å². The summed E-state index contributed by atoms with van der Waals surface area (Å²) in [5.74, 6) is 2.16. The van der Waals surface area contributed by atoms with Crippen LogP contribution in [-0.2, 0) is 6.54 Å². The smallest absolute Gasteiger partial charge is 0.117 e. The van der Waals surface area contributed by atoms with Crippen LogP contribution >= 0.6 is 11.8 Å². The Kier molecular flexibility index (Phi) is 4.16. The van der Waals surface area contributed by atoms with Crippen LogP contribution in [0.3, 0.4) is 0 Å². The van der Waals surface area contributed by atoms with Crippen molar-refractivity contribution < 1.29 is 4.42 Å². The van der Waals surface area contributed by atoms with E-state index >= 15 is 0 Å². The maximum Gasteiger partial charge on any atom is 0.117 e. The van der Waals surface area contributed by atoms with Crippen molar-refractivity contribution in [2.24, 2.45) is 0 Å². The van der Waals surface area contributed by atoms with E-state index in [-0.39, 0.29) is 0 Å². The summed E-state index contributed by atoms with van der Waals surface area (Å²) in [4.78, 5) is 0. The molecule has 0 aliphatic carbocycles. The van der Waals surface area contributed by atoms with Crippen LogP contribution < -0.4 is 5.32 Å². The predicted molar refractivity (Wildman–Crippen MR) is 48.8 cm³/mol. The van der Waals surface area contributed by atoms with Crippen LogP contribution in [-0.4, -0.2) is 18.6 Å². The largest absolute Gasteiger partial charge is 0.468 e. The highest BCUT2D eigenvalue weighted by Gasteiger charge is 1.92. The van der Waals surface area contributed by atoms with Crippen LogP contribution in [0.2, 0.25) is 0 Å². The van der Waals surface area contributed by atoms with Crippen LogP contribution in [0.25, 0.3) is 0 Å². The highest BCUT2D eigenvalue weighted by atomic mass is 32.2. The summed E-state index contributed by atoms with van der Waals surface area (Å²) in [6, 6.07) is 3.89. The molecule has 11 heavy (non-hydrogen) atoms. The van der Waals surface area contributed by atoms with Crippen LogP contribution in [0.4, 0.5) is 0 Å². The number of furan rings is 1. The highest BCUT2D eigenvalue weighted by Crippen LogP contribution is 1.98. The Morgan fingerprint density at radius 2 is 2.55 bits per heavy atom. The van der Waals surface area contributed by atoms with E-state index in [1.54, 1.807) is 6.26 Å². The van der Waals surface area contributed by atoms with Gasteiger partial charge in [-0.05, 0) is 18.4 Å². The molecule has 0 atom stereocenters. The quantitative estimate of drug-likeness (QED) is 0.683. The Morgan fingerprint density at radius 1 is 1.64 bits per heavy atom. The molecule has 1 aromatic heterocycles. The molecular formula is C8H13NOS. The van der Waals surface area contributed by atoms with Crippen molar-refractivity contribution >= 4 is 11.8 Å². The summed E-state index contributed by atoms with van der Waals surface area (Å²) in [7, 11) is 0. The molecule has 0 amide bonds. The van der Waals surface area contributed by atoms with E-state index in [0.717, 1.165) is 24.6 Å². The molecule has 3 heteroatoms. The molecule has 0 bridgehead atoms. The first-order valence-electron chi connectivity index (χ1n) is 3.65. The van der Waals surface area contributed by atoms with E-state index in [1.165, 1.54) is 0 Å². The van der Waals surface area contributed by atoms with Crippen molar-refractivity contribution in [3.8, 4) is 0 Å². The van der Waals surface area contributed by atoms with Gasteiger partial charge in [0.05, 0.1) is 12.8 Å². The van der Waals surface area contributed by atoms with Gasteiger partial charge < -0.3 is 9.73 Å². The molecular weight excluding hydrogens is 158 g/mol. The number of hydrogen-bond acceptors (Lipinski definition) is 3. The molecule has 0 aliphatic heterocycles. The normalized spacial score (nSPS) is 10.3. The van der Waals surface area contributed by atoms with Gasteiger partial charge in [-0.3, -0.25) is 0 Å². The lowest BCUT2D eigenvalue weighted by Crippen LogP contribution is -2.15. The van der Waals surface area contributed by atoms with Gasteiger partial charge in [0.1, 0.15) is 5.76 Å². The van der Waals surface area contributed by atoms with Crippen LogP contribution in [0, 0.1) is 0 Å². The number of nitrogens with one attached hydrogen (secondary N) is 1. The maximum absolute atomic E-state index is 5.14. The van der Waals surface area contributed by atoms with Gasteiger partial charge in [0, 0.05) is 12.3 Å². The molecule has 1 aromatic rings. The number of hydrogen-bond donors (Lipinski definition) is 1. The zero-order valence-corrected chi connectivity index (χ0v) is 7.49. The second kappa shape index (κ2) is 5.27. The van der Waals surface area contributed by atoms with Crippen molar-refractivity contribution in [3.05, 3.63) is 24.2 Å². The van der Waals surface area contributed by atoms with E-state index < -0.39 is 0 Å². The minimum absolute atomic E-state index is 0.841. The molecule has 1 N–H and O–H groups in total. The zero-order valence-electron chi connectivity index (χ0n) is 6.67. The summed E-state index contributed by atoms with van der Waals surface area (Å²) in [6.07, 6.45) is 3.81. The van der Waals surface area contributed by atoms with Gasteiger partial charge in [-0.1, -0.05) is 0 Å². The number of thioether (sulfide) groups is 1. The molecule has 0 fully saturated rings. The summed E-state index contributed by atoms with van der Waals surface area (Å²) < 4.78 is 5.14. The van der Waals surface area contributed by atoms with Gasteiger partial charge in [-0.25, -0.2) is 0 Å². The van der Waals surface area contributed by atoms with E-state index in [9.17, 15) is 0 Å². The minimum atomic E-state index is 0.841. The lowest BCUT2D eigenvalue weighted by molar-refractivity contribution is 0.488. The van der Waals surface area contributed by atoms with Crippen LogP contribution in [0.1, 0.15) is 5.76 Å². The first-order valence-corrected chi connectivity index (χ1v) is 5.05. The summed E-state index contributed by atoms with van der Waals surface area (Å²) in [5, 5.41) is 3.27. The molecule has 0 spiro atoms. The first-order chi connectivity index (χ1) is 5.43. The third-order valence-electron chi connectivity index (χ3n) is 1.36. The third kappa shape index (κ3) is 3.49. The Morgan fingerprint density at radius 3 is 3.18 bits per heavy atom.